The second-order valence-corrected chi connectivity index (χ2v) is 13.9. The van der Waals surface area contributed by atoms with Crippen LogP contribution in [0.25, 0.3) is 10.4 Å². The maximum absolute atomic E-state index is 13.1. The molecule has 0 bridgehead atoms. The number of thiazole rings is 1. The van der Waals surface area contributed by atoms with E-state index in [9.17, 15) is 23.1 Å². The van der Waals surface area contributed by atoms with Gasteiger partial charge in [-0.2, -0.15) is 0 Å². The van der Waals surface area contributed by atoms with Crippen LogP contribution in [0.3, 0.4) is 0 Å². The Labute approximate surface area is 251 Å². The van der Waals surface area contributed by atoms with Crippen LogP contribution in [0.2, 0.25) is 0 Å². The average Bonchev–Trinajstić information content (AvgIpc) is 3.38. The number of amides is 2. The van der Waals surface area contributed by atoms with Gasteiger partial charge in [0.05, 0.1) is 15.8 Å². The first-order chi connectivity index (χ1) is 19.6. The molecule has 0 saturated heterocycles. The van der Waals surface area contributed by atoms with E-state index in [1.54, 1.807) is 7.05 Å². The number of rotatable bonds is 13. The van der Waals surface area contributed by atoms with Crippen molar-refractivity contribution in [3.63, 3.8) is 0 Å². The van der Waals surface area contributed by atoms with Crippen molar-refractivity contribution in [2.45, 2.75) is 57.2 Å². The van der Waals surface area contributed by atoms with Crippen molar-refractivity contribution in [3.05, 3.63) is 65.4 Å². The molecule has 3 rings (SSSR count). The van der Waals surface area contributed by atoms with Crippen LogP contribution >= 0.6 is 11.3 Å². The smallest absolute Gasteiger partial charge is 0.248 e. The molecule has 0 radical (unpaired) electrons. The third-order valence-electron chi connectivity index (χ3n) is 6.59. The van der Waals surface area contributed by atoms with Gasteiger partial charge in [0.2, 0.25) is 21.8 Å². The van der Waals surface area contributed by atoms with Gasteiger partial charge >= 0.3 is 0 Å². The zero-order valence-corrected chi connectivity index (χ0v) is 26.3. The molecule has 0 aliphatic rings. The fraction of sp³-hybridized carbons (Fsp3) is 0.414. The molecule has 2 aromatic carbocycles. The highest BCUT2D eigenvalue weighted by molar-refractivity contribution is 7.89. The van der Waals surface area contributed by atoms with Crippen molar-refractivity contribution in [1.29, 1.82) is 0 Å². The molecule has 2 atom stereocenters. The number of nitrogens with one attached hydrogen (secondary N) is 4. The summed E-state index contributed by atoms with van der Waals surface area (Å²) in [4.78, 5) is 29.6. The van der Waals surface area contributed by atoms with Gasteiger partial charge in [-0.1, -0.05) is 70.2 Å². The van der Waals surface area contributed by atoms with Crippen LogP contribution in [0.1, 0.15) is 62.5 Å². The molecular weight excluding hydrogens is 576 g/mol. The monoisotopic (exact) mass is 616 g/mol. The molecule has 1 heterocycles. The molecular formula is C29H40N6O5S2. The minimum absolute atomic E-state index is 0.00154. The number of anilines is 1. The summed E-state index contributed by atoms with van der Waals surface area (Å²) in [5.41, 5.74) is 7.89. The number of benzene rings is 2. The van der Waals surface area contributed by atoms with E-state index in [0.29, 0.717) is 10.8 Å². The lowest BCUT2D eigenvalue weighted by Crippen LogP contribution is -2.50. The number of sulfonamides is 1. The lowest BCUT2D eigenvalue weighted by molar-refractivity contribution is -0.125. The molecule has 3 aromatic rings. The summed E-state index contributed by atoms with van der Waals surface area (Å²) in [7, 11) is -2.10. The largest absolute Gasteiger partial charge is 0.373 e. The minimum atomic E-state index is -3.86. The maximum Gasteiger partial charge on any atom is 0.248 e. The summed E-state index contributed by atoms with van der Waals surface area (Å²) >= 11 is 1.41. The van der Waals surface area contributed by atoms with Gasteiger partial charge in [0.25, 0.3) is 0 Å². The Hall–Kier alpha value is -3.36. The predicted molar refractivity (Wildman–Crippen MR) is 166 cm³/mol. The number of carbonyl (C=O) groups is 2. The molecule has 0 fully saturated rings. The van der Waals surface area contributed by atoms with Crippen molar-refractivity contribution in [2.24, 2.45) is 11.7 Å². The Morgan fingerprint density at radius 2 is 1.64 bits per heavy atom. The SMILES string of the molecule is CNc1nc(C(O)N[C@@H](C(=O)NCCNS(=O)(=O)c2ccc(C(N)=O)cc2)C(C)C)c(-c2ccc(C(C)(C)C)cc2)s1. The van der Waals surface area contributed by atoms with Crippen LogP contribution in [0.4, 0.5) is 5.13 Å². The lowest BCUT2D eigenvalue weighted by Gasteiger charge is -2.25. The second-order valence-electron chi connectivity index (χ2n) is 11.2. The predicted octanol–water partition coefficient (Wildman–Crippen LogP) is 2.95. The van der Waals surface area contributed by atoms with E-state index in [1.165, 1.54) is 41.2 Å². The molecule has 2 amide bonds. The van der Waals surface area contributed by atoms with E-state index < -0.39 is 34.1 Å². The minimum Gasteiger partial charge on any atom is -0.373 e. The Morgan fingerprint density at radius 3 is 2.17 bits per heavy atom. The molecule has 0 spiro atoms. The van der Waals surface area contributed by atoms with Crippen LogP contribution < -0.4 is 26.4 Å². The van der Waals surface area contributed by atoms with E-state index in [-0.39, 0.29) is 34.9 Å². The highest BCUT2D eigenvalue weighted by Crippen LogP contribution is 2.37. The molecule has 7 N–H and O–H groups in total. The van der Waals surface area contributed by atoms with Gasteiger partial charge in [0, 0.05) is 25.7 Å². The van der Waals surface area contributed by atoms with Crippen LogP contribution in [-0.2, 0) is 20.2 Å². The van der Waals surface area contributed by atoms with Gasteiger partial charge in [-0.05, 0) is 46.7 Å². The number of aliphatic hydroxyl groups excluding tert-OH is 1. The third-order valence-corrected chi connectivity index (χ3v) is 9.21. The average molecular weight is 617 g/mol. The molecule has 0 saturated carbocycles. The number of carbonyl (C=O) groups excluding carboxylic acids is 2. The number of aromatic nitrogens is 1. The zero-order chi connectivity index (χ0) is 31.2. The van der Waals surface area contributed by atoms with Crippen LogP contribution in [0.5, 0.6) is 0 Å². The van der Waals surface area contributed by atoms with E-state index >= 15 is 0 Å². The van der Waals surface area contributed by atoms with Crippen molar-refractivity contribution >= 4 is 38.3 Å². The summed E-state index contributed by atoms with van der Waals surface area (Å²) in [6.07, 6.45) is -1.24. The number of primary amides is 1. The summed E-state index contributed by atoms with van der Waals surface area (Å²) in [5, 5.41) is 20.6. The van der Waals surface area contributed by atoms with Crippen molar-refractivity contribution in [2.75, 3.05) is 25.5 Å². The lowest BCUT2D eigenvalue weighted by atomic mass is 9.86. The number of aliphatic hydroxyl groups is 1. The van der Waals surface area contributed by atoms with Gasteiger partial charge in [0.15, 0.2) is 5.13 Å². The number of nitrogens with zero attached hydrogens (tertiary/aromatic N) is 1. The van der Waals surface area contributed by atoms with E-state index in [2.05, 4.69) is 58.6 Å². The quantitative estimate of drug-likeness (QED) is 0.125. The Kier molecular flexibility index (Phi) is 10.8. The normalized spacial score (nSPS) is 13.5. The molecule has 228 valence electrons. The Bertz CT molecular complexity index is 1480. The molecule has 0 aliphatic carbocycles. The van der Waals surface area contributed by atoms with Gasteiger partial charge in [-0.3, -0.25) is 14.9 Å². The summed E-state index contributed by atoms with van der Waals surface area (Å²) in [5.74, 6) is -1.25. The Morgan fingerprint density at radius 1 is 1.02 bits per heavy atom. The standard InChI is InChI=1S/C29H40N6O5S2/c1-17(2)22(26(37)32-15-16-33-42(39,40)21-13-9-19(10-14-21)25(30)36)34-27(38)23-24(41-28(31-6)35-23)18-7-11-20(12-8-18)29(3,4)5/h7-14,17,22,27,33-34,38H,15-16H2,1-6H3,(H2,30,36)(H,31,35)(H,32,37)/t22-,27?/m1/s1. The first-order valence-electron chi connectivity index (χ1n) is 13.5. The molecule has 0 aliphatic heterocycles. The summed E-state index contributed by atoms with van der Waals surface area (Å²) < 4.78 is 27.5. The molecule has 13 heteroatoms. The fourth-order valence-corrected chi connectivity index (χ4v) is 6.12. The van der Waals surface area contributed by atoms with E-state index in [0.717, 1.165) is 10.4 Å². The summed E-state index contributed by atoms with van der Waals surface area (Å²) in [6, 6.07) is 12.6. The van der Waals surface area contributed by atoms with E-state index in [4.69, 9.17) is 5.73 Å². The molecule has 1 aromatic heterocycles. The zero-order valence-electron chi connectivity index (χ0n) is 24.7. The van der Waals surface area contributed by atoms with Crippen molar-refractivity contribution in [1.82, 2.24) is 20.3 Å². The van der Waals surface area contributed by atoms with E-state index in [1.807, 2.05) is 26.0 Å². The Balaban J connectivity index is 1.66. The molecule has 42 heavy (non-hydrogen) atoms. The highest BCUT2D eigenvalue weighted by atomic mass is 32.2. The van der Waals surface area contributed by atoms with Crippen LogP contribution in [0.15, 0.2) is 53.4 Å². The van der Waals surface area contributed by atoms with Gasteiger partial charge < -0.3 is 21.5 Å². The number of nitrogens with two attached hydrogens (primary N) is 1. The van der Waals surface area contributed by atoms with Crippen LogP contribution in [-0.4, -0.2) is 56.5 Å². The second kappa shape index (κ2) is 13.7. The van der Waals surface area contributed by atoms with Crippen molar-refractivity contribution < 1.29 is 23.1 Å². The maximum atomic E-state index is 13.1. The fourth-order valence-electron chi connectivity index (χ4n) is 4.14. The third kappa shape index (κ3) is 8.35. The van der Waals surface area contributed by atoms with Gasteiger partial charge in [0.1, 0.15) is 11.9 Å². The summed E-state index contributed by atoms with van der Waals surface area (Å²) in [6.45, 7) is 10.1. The number of hydrogen-bond donors (Lipinski definition) is 6. The van der Waals surface area contributed by atoms with Crippen LogP contribution in [0, 0.1) is 5.92 Å². The first kappa shape index (κ1) is 33.1. The highest BCUT2D eigenvalue weighted by Gasteiger charge is 2.28. The van der Waals surface area contributed by atoms with Gasteiger partial charge in [-0.25, -0.2) is 18.1 Å². The molecule has 11 nitrogen and oxygen atoms in total. The first-order valence-corrected chi connectivity index (χ1v) is 15.8. The molecule has 1 unspecified atom stereocenters. The van der Waals surface area contributed by atoms with Gasteiger partial charge in [-0.15, -0.1) is 0 Å². The number of hydrogen-bond acceptors (Lipinski definition) is 9. The topological polar surface area (TPSA) is 176 Å². The van der Waals surface area contributed by atoms with Crippen molar-refractivity contribution in [3.8, 4) is 10.4 Å².